The van der Waals surface area contributed by atoms with Crippen molar-refractivity contribution in [1.29, 1.82) is 0 Å². The van der Waals surface area contributed by atoms with Gasteiger partial charge >= 0.3 is 6.03 Å². The Morgan fingerprint density at radius 3 is 2.33 bits per heavy atom. The molecule has 1 heterocycles. The maximum absolute atomic E-state index is 12.9. The highest BCUT2D eigenvalue weighted by atomic mass is 16.5. The van der Waals surface area contributed by atoms with Crippen LogP contribution in [0.15, 0.2) is 48.5 Å². The van der Waals surface area contributed by atoms with E-state index in [-0.39, 0.29) is 18.5 Å². The summed E-state index contributed by atoms with van der Waals surface area (Å²) in [4.78, 5) is 26.6. The lowest BCUT2D eigenvalue weighted by atomic mass is 9.93. The summed E-state index contributed by atoms with van der Waals surface area (Å²) >= 11 is 0. The van der Waals surface area contributed by atoms with Crippen molar-refractivity contribution < 1.29 is 19.1 Å². The Hall–Kier alpha value is -3.02. The molecule has 2 aromatic rings. The van der Waals surface area contributed by atoms with Crippen molar-refractivity contribution in [3.05, 3.63) is 59.7 Å². The lowest BCUT2D eigenvalue weighted by Gasteiger charge is -2.22. The van der Waals surface area contributed by atoms with Gasteiger partial charge in [0.15, 0.2) is 0 Å². The Morgan fingerprint density at radius 1 is 0.963 bits per heavy atom. The van der Waals surface area contributed by atoms with Crippen LogP contribution in [0, 0.1) is 0 Å². The maximum Gasteiger partial charge on any atom is 0.325 e. The molecule has 142 valence electrons. The van der Waals surface area contributed by atoms with Crippen LogP contribution in [-0.4, -0.2) is 36.6 Å². The van der Waals surface area contributed by atoms with Crippen LogP contribution in [0.25, 0.3) is 0 Å². The summed E-state index contributed by atoms with van der Waals surface area (Å²) in [5.74, 6) is 1.28. The number of hydrogen-bond donors (Lipinski definition) is 1. The number of carbonyl (C=O) groups is 2. The summed E-state index contributed by atoms with van der Waals surface area (Å²) in [6.07, 6.45) is 1.21. The minimum atomic E-state index is -0.907. The van der Waals surface area contributed by atoms with Crippen molar-refractivity contribution in [3.8, 4) is 11.5 Å². The molecule has 6 nitrogen and oxygen atoms in total. The zero-order valence-corrected chi connectivity index (χ0v) is 15.8. The zero-order chi connectivity index (χ0) is 19.4. The second kappa shape index (κ2) is 7.70. The van der Waals surface area contributed by atoms with E-state index in [9.17, 15) is 9.59 Å². The number of hydrogen-bond acceptors (Lipinski definition) is 4. The summed E-state index contributed by atoms with van der Waals surface area (Å²) in [5, 5.41) is 2.85. The fraction of sp³-hybridized carbons (Fsp3) is 0.333. The van der Waals surface area contributed by atoms with Gasteiger partial charge in [0, 0.05) is 0 Å². The van der Waals surface area contributed by atoms with Crippen LogP contribution >= 0.6 is 0 Å². The number of nitrogens with zero attached hydrogens (tertiary/aromatic N) is 1. The highest BCUT2D eigenvalue weighted by molar-refractivity contribution is 6.06. The van der Waals surface area contributed by atoms with Gasteiger partial charge in [0.1, 0.15) is 17.0 Å². The summed E-state index contributed by atoms with van der Waals surface area (Å²) < 4.78 is 10.4. The Balaban J connectivity index is 1.67. The Morgan fingerprint density at radius 2 is 1.67 bits per heavy atom. The van der Waals surface area contributed by atoms with Gasteiger partial charge in [-0.25, -0.2) is 4.79 Å². The van der Waals surface area contributed by atoms with Crippen molar-refractivity contribution in [2.45, 2.75) is 31.8 Å². The van der Waals surface area contributed by atoms with Gasteiger partial charge in [-0.3, -0.25) is 9.69 Å². The molecule has 1 atom stereocenters. The van der Waals surface area contributed by atoms with Gasteiger partial charge in [-0.2, -0.15) is 0 Å². The number of rotatable bonds is 7. The molecule has 0 spiro atoms. The third-order valence-corrected chi connectivity index (χ3v) is 4.89. The predicted octanol–water partition coefficient (Wildman–Crippen LogP) is 3.15. The highest BCUT2D eigenvalue weighted by Crippen LogP contribution is 2.26. The quantitative estimate of drug-likeness (QED) is 0.763. The summed E-state index contributed by atoms with van der Waals surface area (Å²) in [7, 11) is 3.21. The number of amides is 3. The predicted molar refractivity (Wildman–Crippen MR) is 102 cm³/mol. The molecule has 1 N–H and O–H groups in total. The molecule has 0 unspecified atom stereocenters. The van der Waals surface area contributed by atoms with Gasteiger partial charge < -0.3 is 14.8 Å². The molecular weight excluding hydrogens is 344 g/mol. The minimum Gasteiger partial charge on any atom is -0.497 e. The van der Waals surface area contributed by atoms with Crippen molar-refractivity contribution in [2.75, 3.05) is 14.2 Å². The molecule has 0 saturated carbocycles. The molecule has 0 radical (unpaired) electrons. The number of ether oxygens (including phenoxy) is 2. The summed E-state index contributed by atoms with van der Waals surface area (Å²) in [6.45, 7) is 2.00. The Labute approximate surface area is 159 Å². The van der Waals surface area contributed by atoms with Crippen LogP contribution in [0.2, 0.25) is 0 Å². The van der Waals surface area contributed by atoms with Gasteiger partial charge in [-0.05, 0) is 55.2 Å². The van der Waals surface area contributed by atoms with E-state index in [1.54, 1.807) is 21.1 Å². The zero-order valence-electron chi connectivity index (χ0n) is 15.8. The van der Waals surface area contributed by atoms with E-state index in [1.165, 1.54) is 4.90 Å². The van der Waals surface area contributed by atoms with E-state index in [2.05, 4.69) is 5.32 Å². The van der Waals surface area contributed by atoms with E-state index in [4.69, 9.17) is 9.47 Å². The topological polar surface area (TPSA) is 67.9 Å². The van der Waals surface area contributed by atoms with Crippen LogP contribution in [0.5, 0.6) is 11.5 Å². The summed E-state index contributed by atoms with van der Waals surface area (Å²) in [6, 6.07) is 14.7. The smallest absolute Gasteiger partial charge is 0.325 e. The first-order valence-corrected chi connectivity index (χ1v) is 8.85. The third-order valence-electron chi connectivity index (χ3n) is 4.89. The van der Waals surface area contributed by atoms with Crippen LogP contribution in [-0.2, 0) is 17.8 Å². The number of nitrogens with one attached hydrogen (secondary N) is 1. The van der Waals surface area contributed by atoms with Gasteiger partial charge in [-0.1, -0.05) is 24.3 Å². The van der Waals surface area contributed by atoms with Crippen LogP contribution in [0.3, 0.4) is 0 Å². The second-order valence-electron chi connectivity index (χ2n) is 6.85. The molecular formula is C21H24N2O4. The van der Waals surface area contributed by atoms with E-state index >= 15 is 0 Å². The maximum atomic E-state index is 12.9. The number of benzene rings is 2. The number of aryl methyl sites for hydroxylation is 1. The highest BCUT2D eigenvalue weighted by Gasteiger charge is 2.47. The fourth-order valence-corrected chi connectivity index (χ4v) is 3.20. The molecule has 0 aliphatic carbocycles. The molecule has 0 aromatic heterocycles. The van der Waals surface area contributed by atoms with E-state index in [0.29, 0.717) is 18.6 Å². The summed E-state index contributed by atoms with van der Waals surface area (Å²) in [5.41, 5.74) is 1.03. The van der Waals surface area contributed by atoms with E-state index in [1.807, 2.05) is 48.5 Å². The molecule has 1 fully saturated rings. The molecule has 0 bridgehead atoms. The monoisotopic (exact) mass is 368 g/mol. The lowest BCUT2D eigenvalue weighted by molar-refractivity contribution is -0.131. The molecule has 2 aromatic carbocycles. The van der Waals surface area contributed by atoms with E-state index < -0.39 is 5.54 Å². The number of carbonyl (C=O) groups excluding carboxylic acids is 2. The molecule has 1 saturated heterocycles. The van der Waals surface area contributed by atoms with E-state index in [0.717, 1.165) is 16.9 Å². The minimum absolute atomic E-state index is 0.205. The number of methoxy groups -OCH3 is 2. The number of imide groups is 1. The largest absolute Gasteiger partial charge is 0.497 e. The standard InChI is InChI=1S/C21H24N2O4/c1-21(12-11-15-7-9-17(26-2)10-8-15)19(24)23(20(25)22-21)14-16-5-4-6-18(13-16)27-3/h4-10,13H,11-12,14H2,1-3H3,(H,22,25)/t21-/m1/s1. The number of urea groups is 1. The first-order chi connectivity index (χ1) is 12.9. The molecule has 27 heavy (non-hydrogen) atoms. The average molecular weight is 368 g/mol. The molecule has 1 aliphatic rings. The normalized spacial score (nSPS) is 19.1. The Bertz CT molecular complexity index is 834. The third kappa shape index (κ3) is 4.05. The SMILES string of the molecule is COc1ccc(CC[C@@]2(C)NC(=O)N(Cc3cccc(OC)c3)C2=O)cc1. The van der Waals surface area contributed by atoms with Crippen molar-refractivity contribution >= 4 is 11.9 Å². The first kappa shape index (κ1) is 18.8. The van der Waals surface area contributed by atoms with Crippen molar-refractivity contribution in [3.63, 3.8) is 0 Å². The van der Waals surface area contributed by atoms with Crippen molar-refractivity contribution in [1.82, 2.24) is 10.2 Å². The van der Waals surface area contributed by atoms with Gasteiger partial charge in [-0.15, -0.1) is 0 Å². The van der Waals surface area contributed by atoms with Gasteiger partial charge in [0.05, 0.1) is 20.8 Å². The van der Waals surface area contributed by atoms with Crippen LogP contribution < -0.4 is 14.8 Å². The lowest BCUT2D eigenvalue weighted by Crippen LogP contribution is -2.44. The van der Waals surface area contributed by atoms with Crippen LogP contribution in [0.4, 0.5) is 4.79 Å². The van der Waals surface area contributed by atoms with Crippen molar-refractivity contribution in [2.24, 2.45) is 0 Å². The second-order valence-corrected chi connectivity index (χ2v) is 6.85. The van der Waals surface area contributed by atoms with Gasteiger partial charge in [0.25, 0.3) is 5.91 Å². The first-order valence-electron chi connectivity index (χ1n) is 8.85. The Kier molecular flexibility index (Phi) is 5.35. The fourth-order valence-electron chi connectivity index (χ4n) is 3.20. The molecule has 3 rings (SSSR count). The average Bonchev–Trinajstić information content (AvgIpc) is 2.90. The van der Waals surface area contributed by atoms with Gasteiger partial charge in [0.2, 0.25) is 0 Å². The molecule has 3 amide bonds. The van der Waals surface area contributed by atoms with Crippen LogP contribution in [0.1, 0.15) is 24.5 Å². The molecule has 1 aliphatic heterocycles. The molecule has 6 heteroatoms.